The zero-order valence-corrected chi connectivity index (χ0v) is 13.6. The number of nitrogens with zero attached hydrogens (tertiary/aromatic N) is 1. The number of nitrogens with one attached hydrogen (secondary N) is 2. The van der Waals surface area contributed by atoms with Gasteiger partial charge in [-0.25, -0.2) is 13.1 Å². The second-order valence-electron chi connectivity index (χ2n) is 5.94. The molecule has 7 nitrogen and oxygen atoms in total. The number of benzene rings is 1. The van der Waals surface area contributed by atoms with Crippen LogP contribution < -0.4 is 10.0 Å². The van der Waals surface area contributed by atoms with E-state index in [1.807, 2.05) is 0 Å². The molecule has 0 radical (unpaired) electrons. The first kappa shape index (κ1) is 16.1. The molecule has 0 aromatic heterocycles. The van der Waals surface area contributed by atoms with Crippen LogP contribution in [0.25, 0.3) is 0 Å². The monoisotopic (exact) mass is 337 g/mol. The van der Waals surface area contributed by atoms with E-state index in [2.05, 4.69) is 10.0 Å². The van der Waals surface area contributed by atoms with Crippen molar-refractivity contribution < 1.29 is 18.0 Å². The molecule has 2 aliphatic heterocycles. The van der Waals surface area contributed by atoms with E-state index in [1.54, 1.807) is 0 Å². The maximum absolute atomic E-state index is 12.4. The Balaban J connectivity index is 1.78. The smallest absolute Gasteiger partial charge is 0.261 e. The zero-order chi connectivity index (χ0) is 16.6. The summed E-state index contributed by atoms with van der Waals surface area (Å²) in [6.45, 7) is 2.13. The van der Waals surface area contributed by atoms with Crippen LogP contribution in [0.4, 0.5) is 0 Å². The second kappa shape index (κ2) is 6.03. The molecule has 1 saturated heterocycles. The fourth-order valence-corrected chi connectivity index (χ4v) is 4.06. The molecule has 1 unspecified atom stereocenters. The average Bonchev–Trinajstić information content (AvgIpc) is 2.78. The van der Waals surface area contributed by atoms with Gasteiger partial charge in [0.2, 0.25) is 10.0 Å². The molecule has 1 fully saturated rings. The summed E-state index contributed by atoms with van der Waals surface area (Å²) in [5, 5.41) is 3.24. The Morgan fingerprint density at radius 1 is 1.26 bits per heavy atom. The standard InChI is InChI=1S/C15H19N3O4S/c1-18-14(19)12-5-4-11(7-13(12)15(18)20)23(21,22)17-9-10-3-2-6-16-8-10/h4-5,7,10,16-17H,2-3,6,8-9H2,1H3. The lowest BCUT2D eigenvalue weighted by molar-refractivity contribution is 0.0693. The van der Waals surface area contributed by atoms with Crippen LogP contribution in [-0.2, 0) is 10.0 Å². The van der Waals surface area contributed by atoms with E-state index in [4.69, 9.17) is 0 Å². The third-order valence-corrected chi connectivity index (χ3v) is 5.75. The highest BCUT2D eigenvalue weighted by atomic mass is 32.2. The predicted molar refractivity (Wildman–Crippen MR) is 83.6 cm³/mol. The molecule has 0 bridgehead atoms. The normalized spacial score (nSPS) is 21.6. The summed E-state index contributed by atoms with van der Waals surface area (Å²) in [5.74, 6) is -0.615. The first-order chi connectivity index (χ1) is 10.9. The van der Waals surface area contributed by atoms with Gasteiger partial charge in [0.15, 0.2) is 0 Å². The fourth-order valence-electron chi connectivity index (χ4n) is 2.92. The minimum absolute atomic E-state index is 0.0106. The predicted octanol–water partition coefficient (Wildman–Crippen LogP) is 0.190. The van der Waals surface area contributed by atoms with Crippen molar-refractivity contribution in [1.29, 1.82) is 0 Å². The number of fused-ring (bicyclic) bond motifs is 1. The van der Waals surface area contributed by atoms with Gasteiger partial charge in [-0.05, 0) is 50.0 Å². The molecule has 1 aromatic carbocycles. The topological polar surface area (TPSA) is 95.6 Å². The van der Waals surface area contributed by atoms with Crippen molar-refractivity contribution in [2.24, 2.45) is 5.92 Å². The van der Waals surface area contributed by atoms with Crippen LogP contribution in [0.3, 0.4) is 0 Å². The van der Waals surface area contributed by atoms with E-state index >= 15 is 0 Å². The Morgan fingerprint density at radius 3 is 2.70 bits per heavy atom. The molecular formula is C15H19N3O4S. The molecule has 1 aromatic rings. The van der Waals surface area contributed by atoms with Gasteiger partial charge in [0.1, 0.15) is 0 Å². The fraction of sp³-hybridized carbons (Fsp3) is 0.467. The van der Waals surface area contributed by atoms with E-state index in [9.17, 15) is 18.0 Å². The first-order valence-electron chi connectivity index (χ1n) is 7.57. The highest BCUT2D eigenvalue weighted by molar-refractivity contribution is 7.89. The summed E-state index contributed by atoms with van der Waals surface area (Å²) < 4.78 is 27.4. The molecular weight excluding hydrogens is 318 g/mol. The average molecular weight is 337 g/mol. The van der Waals surface area contributed by atoms with Crippen LogP contribution in [0, 0.1) is 5.92 Å². The number of sulfonamides is 1. The van der Waals surface area contributed by atoms with Crippen molar-refractivity contribution in [2.75, 3.05) is 26.7 Å². The van der Waals surface area contributed by atoms with Crippen molar-refractivity contribution in [3.63, 3.8) is 0 Å². The van der Waals surface area contributed by atoms with Gasteiger partial charge in [0.05, 0.1) is 16.0 Å². The highest BCUT2D eigenvalue weighted by Crippen LogP contribution is 2.24. The molecule has 124 valence electrons. The molecule has 0 spiro atoms. The lowest BCUT2D eigenvalue weighted by Crippen LogP contribution is -2.38. The van der Waals surface area contributed by atoms with Crippen molar-refractivity contribution in [2.45, 2.75) is 17.7 Å². The van der Waals surface area contributed by atoms with Crippen LogP contribution >= 0.6 is 0 Å². The summed E-state index contributed by atoms with van der Waals surface area (Å²) >= 11 is 0. The maximum atomic E-state index is 12.4. The van der Waals surface area contributed by atoms with E-state index in [0.717, 1.165) is 30.8 Å². The molecule has 2 N–H and O–H groups in total. The summed E-state index contributed by atoms with van der Waals surface area (Å²) in [5.41, 5.74) is 0.382. The van der Waals surface area contributed by atoms with Gasteiger partial charge in [0.25, 0.3) is 11.8 Å². The summed E-state index contributed by atoms with van der Waals surface area (Å²) in [6.07, 6.45) is 2.02. The third-order valence-electron chi connectivity index (χ3n) is 4.33. The second-order valence-corrected chi connectivity index (χ2v) is 7.71. The van der Waals surface area contributed by atoms with Crippen molar-refractivity contribution >= 4 is 21.8 Å². The van der Waals surface area contributed by atoms with Crippen molar-refractivity contribution in [3.05, 3.63) is 29.3 Å². The Labute approximate surface area is 135 Å². The third kappa shape index (κ3) is 3.01. The maximum Gasteiger partial charge on any atom is 0.261 e. The lowest BCUT2D eigenvalue weighted by atomic mass is 10.0. The number of hydrogen-bond acceptors (Lipinski definition) is 5. The first-order valence-corrected chi connectivity index (χ1v) is 9.05. The van der Waals surface area contributed by atoms with E-state index in [1.165, 1.54) is 25.2 Å². The van der Waals surface area contributed by atoms with Crippen LogP contribution in [0.1, 0.15) is 33.6 Å². The van der Waals surface area contributed by atoms with Gasteiger partial charge < -0.3 is 5.32 Å². The Hall–Kier alpha value is -1.77. The minimum Gasteiger partial charge on any atom is -0.316 e. The quantitative estimate of drug-likeness (QED) is 0.765. The van der Waals surface area contributed by atoms with Gasteiger partial charge in [-0.15, -0.1) is 0 Å². The Bertz CT molecular complexity index is 754. The molecule has 2 aliphatic rings. The number of carbonyl (C=O) groups excluding carboxylic acids is 2. The number of carbonyl (C=O) groups is 2. The SMILES string of the molecule is CN1C(=O)c2ccc(S(=O)(=O)NCC3CCCNC3)cc2C1=O. The van der Waals surface area contributed by atoms with Gasteiger partial charge in [-0.2, -0.15) is 0 Å². The zero-order valence-electron chi connectivity index (χ0n) is 12.8. The van der Waals surface area contributed by atoms with Gasteiger partial charge in [-0.3, -0.25) is 14.5 Å². The van der Waals surface area contributed by atoms with Gasteiger partial charge >= 0.3 is 0 Å². The summed E-state index contributed by atoms with van der Waals surface area (Å²) in [6, 6.07) is 4.04. The van der Waals surface area contributed by atoms with Gasteiger partial charge in [0, 0.05) is 13.6 Å². The molecule has 1 atom stereocenters. The van der Waals surface area contributed by atoms with Crippen LogP contribution in [0.2, 0.25) is 0 Å². The molecule has 0 saturated carbocycles. The van der Waals surface area contributed by atoms with E-state index in [-0.39, 0.29) is 21.9 Å². The molecule has 3 rings (SSSR count). The van der Waals surface area contributed by atoms with Crippen LogP contribution in [-0.4, -0.2) is 51.8 Å². The number of piperidine rings is 1. The minimum atomic E-state index is -3.70. The van der Waals surface area contributed by atoms with Crippen molar-refractivity contribution in [1.82, 2.24) is 14.9 Å². The van der Waals surface area contributed by atoms with Crippen LogP contribution in [0.15, 0.2) is 23.1 Å². The molecule has 2 amide bonds. The highest BCUT2D eigenvalue weighted by Gasteiger charge is 2.34. The number of imide groups is 1. The Morgan fingerprint density at radius 2 is 2.00 bits per heavy atom. The Kier molecular flexibility index (Phi) is 4.22. The summed E-state index contributed by atoms with van der Waals surface area (Å²) in [7, 11) is -2.32. The van der Waals surface area contributed by atoms with E-state index in [0.29, 0.717) is 6.54 Å². The molecule has 2 heterocycles. The van der Waals surface area contributed by atoms with Gasteiger partial charge in [-0.1, -0.05) is 0 Å². The van der Waals surface area contributed by atoms with E-state index < -0.39 is 21.8 Å². The molecule has 8 heteroatoms. The number of rotatable bonds is 4. The molecule has 0 aliphatic carbocycles. The number of hydrogen-bond donors (Lipinski definition) is 2. The number of amides is 2. The van der Waals surface area contributed by atoms with Crippen LogP contribution in [0.5, 0.6) is 0 Å². The lowest BCUT2D eigenvalue weighted by Gasteiger charge is -2.22. The summed E-state index contributed by atoms with van der Waals surface area (Å²) in [4.78, 5) is 24.8. The molecule has 23 heavy (non-hydrogen) atoms. The largest absolute Gasteiger partial charge is 0.316 e. The van der Waals surface area contributed by atoms with Crippen molar-refractivity contribution in [3.8, 4) is 0 Å².